The lowest BCUT2D eigenvalue weighted by Gasteiger charge is -2.45. The van der Waals surface area contributed by atoms with Crippen LogP contribution in [0.1, 0.15) is 56.9 Å². The molecule has 2 heterocycles. The van der Waals surface area contributed by atoms with Crippen molar-refractivity contribution in [2.45, 2.75) is 62.7 Å². The van der Waals surface area contributed by atoms with Gasteiger partial charge < -0.3 is 21.1 Å². The molecule has 218 valence electrons. The zero-order valence-corrected chi connectivity index (χ0v) is 24.5. The molecule has 44 heavy (non-hydrogen) atoms. The van der Waals surface area contributed by atoms with Crippen LogP contribution < -0.4 is 26.5 Å². The average Bonchev–Trinajstić information content (AvgIpc) is 3.82. The molecule has 6 nitrogen and oxygen atoms in total. The highest BCUT2D eigenvalue weighted by Gasteiger charge is 2.54. The van der Waals surface area contributed by atoms with Gasteiger partial charge in [0.1, 0.15) is 17.1 Å². The monoisotopic (exact) mass is 578 g/mol. The van der Waals surface area contributed by atoms with Crippen LogP contribution in [0, 0.1) is 23.7 Å². The summed E-state index contributed by atoms with van der Waals surface area (Å²) in [6, 6.07) is 20.9. The average molecular weight is 579 g/mol. The van der Waals surface area contributed by atoms with Crippen molar-refractivity contribution in [3.05, 3.63) is 82.6 Å². The van der Waals surface area contributed by atoms with Crippen molar-refractivity contribution in [2.24, 2.45) is 28.7 Å². The van der Waals surface area contributed by atoms with E-state index in [0.29, 0.717) is 28.9 Å². The van der Waals surface area contributed by atoms with Crippen LogP contribution in [0.25, 0.3) is 32.7 Å². The number of Topliss-reactive ketones (excluding diaryl/α,β-unsaturated/α-hetero) is 1. The summed E-state index contributed by atoms with van der Waals surface area (Å²) in [5.74, 6) is 2.49. The molecule has 5 aliphatic carbocycles. The summed E-state index contributed by atoms with van der Waals surface area (Å²) in [7, 11) is 0. The third kappa shape index (κ3) is 2.84. The molecule has 0 radical (unpaired) electrons. The normalized spacial score (nSPS) is 34.9. The number of anilines is 3. The number of ketones is 1. The van der Waals surface area contributed by atoms with Gasteiger partial charge in [-0.2, -0.15) is 0 Å². The lowest BCUT2D eigenvalue weighted by molar-refractivity contribution is -0.109. The van der Waals surface area contributed by atoms with Gasteiger partial charge in [-0.3, -0.25) is 9.79 Å². The third-order valence-corrected chi connectivity index (χ3v) is 12.6. The number of aliphatic hydroxyl groups is 1. The molecule has 4 N–H and O–H groups in total. The number of hydrogen-bond donors (Lipinski definition) is 4. The first-order valence-electron chi connectivity index (χ1n) is 16.6. The van der Waals surface area contributed by atoms with Gasteiger partial charge in [-0.1, -0.05) is 48.5 Å². The highest BCUT2D eigenvalue weighted by atomic mass is 16.3. The number of benzene rings is 4. The second kappa shape index (κ2) is 7.84. The molecular weight excluding hydrogens is 544 g/mol. The predicted octanol–water partition coefficient (Wildman–Crippen LogP) is 6.61. The molecule has 4 saturated carbocycles. The first kappa shape index (κ1) is 24.1. The van der Waals surface area contributed by atoms with Crippen molar-refractivity contribution in [2.75, 3.05) is 16.0 Å². The summed E-state index contributed by atoms with van der Waals surface area (Å²) in [5, 5.41) is 29.6. The Morgan fingerprint density at radius 1 is 0.727 bits per heavy atom. The Hall–Kier alpha value is -4.32. The Morgan fingerprint density at radius 3 is 2.16 bits per heavy atom. The number of nitrogens with one attached hydrogen (secondary N) is 3. The first-order valence-corrected chi connectivity index (χ1v) is 16.6. The minimum absolute atomic E-state index is 0.0919. The molecule has 4 aromatic rings. The molecule has 4 aromatic carbocycles. The van der Waals surface area contributed by atoms with Gasteiger partial charge >= 0.3 is 0 Å². The molecule has 0 amide bonds. The number of rotatable bonds is 1. The van der Waals surface area contributed by atoms with Crippen LogP contribution in [0.2, 0.25) is 0 Å². The topological polar surface area (TPSA) is 85.8 Å². The fraction of sp³-hybridized carbons (Fsp3) is 0.368. The smallest absolute Gasteiger partial charge is 0.201 e. The molecule has 4 fully saturated rings. The van der Waals surface area contributed by atoms with Gasteiger partial charge in [-0.25, -0.2) is 0 Å². The van der Waals surface area contributed by atoms with E-state index in [-0.39, 0.29) is 22.9 Å². The molecule has 0 aromatic heterocycles. The van der Waals surface area contributed by atoms with E-state index in [1.807, 2.05) is 12.1 Å². The maximum absolute atomic E-state index is 14.3. The summed E-state index contributed by atoms with van der Waals surface area (Å²) in [6.07, 6.45) is 9.57. The second-order valence-electron chi connectivity index (χ2n) is 14.7. The molecule has 6 atom stereocenters. The quantitative estimate of drug-likeness (QED) is 0.204. The predicted molar refractivity (Wildman–Crippen MR) is 174 cm³/mol. The summed E-state index contributed by atoms with van der Waals surface area (Å²) >= 11 is 0. The number of fused-ring (bicyclic) bond motifs is 6. The van der Waals surface area contributed by atoms with Crippen LogP contribution >= 0.6 is 0 Å². The van der Waals surface area contributed by atoms with Gasteiger partial charge in [0.2, 0.25) is 5.78 Å². The first-order chi connectivity index (χ1) is 21.5. The number of nitrogens with zero attached hydrogens (tertiary/aromatic N) is 1. The lowest BCUT2D eigenvalue weighted by atomic mass is 9.78. The number of aliphatic hydroxyl groups excluding tert-OH is 1. The van der Waals surface area contributed by atoms with E-state index < -0.39 is 0 Å². The molecule has 2 spiro atoms. The number of carbonyl (C=O) groups excluding carboxylic acids is 1. The van der Waals surface area contributed by atoms with E-state index in [9.17, 15) is 9.90 Å². The highest BCUT2D eigenvalue weighted by Crippen LogP contribution is 2.57. The largest absolute Gasteiger partial charge is 0.506 e. The van der Waals surface area contributed by atoms with Crippen LogP contribution in [0.15, 0.2) is 71.4 Å². The van der Waals surface area contributed by atoms with Crippen LogP contribution in [0.4, 0.5) is 17.1 Å². The Kier molecular flexibility index (Phi) is 4.29. The number of allylic oxidation sites excluding steroid dienone is 2. The van der Waals surface area contributed by atoms with Crippen LogP contribution in [0.3, 0.4) is 0 Å². The van der Waals surface area contributed by atoms with E-state index in [4.69, 9.17) is 4.99 Å². The van der Waals surface area contributed by atoms with Gasteiger partial charge in [0, 0.05) is 44.8 Å². The van der Waals surface area contributed by atoms with Crippen LogP contribution in [-0.2, 0) is 4.79 Å². The van der Waals surface area contributed by atoms with E-state index in [2.05, 4.69) is 64.5 Å². The molecule has 4 bridgehead atoms. The van der Waals surface area contributed by atoms with E-state index in [1.165, 1.54) is 38.5 Å². The van der Waals surface area contributed by atoms with Crippen molar-refractivity contribution in [1.29, 1.82) is 0 Å². The van der Waals surface area contributed by atoms with E-state index in [0.717, 1.165) is 73.5 Å². The Labute approximate surface area is 255 Å². The summed E-state index contributed by atoms with van der Waals surface area (Å²) in [6.45, 7) is 0. The Morgan fingerprint density at radius 2 is 1.45 bits per heavy atom. The summed E-state index contributed by atoms with van der Waals surface area (Å²) in [5.41, 5.74) is 4.31. The Balaban J connectivity index is 1.14. The zero-order chi connectivity index (χ0) is 28.9. The van der Waals surface area contributed by atoms with Gasteiger partial charge in [-0.15, -0.1) is 0 Å². The van der Waals surface area contributed by atoms with Gasteiger partial charge in [0.15, 0.2) is 0 Å². The lowest BCUT2D eigenvalue weighted by Crippen LogP contribution is -2.52. The molecule has 6 unspecified atom stereocenters. The van der Waals surface area contributed by atoms with Crippen LogP contribution in [-0.4, -0.2) is 22.2 Å². The highest BCUT2D eigenvalue weighted by molar-refractivity contribution is 6.52. The SMILES string of the molecule is O=C1C(c2ccc3cccc4c3c2NC2(CC3CCC2C3)N4)=C(O)/C1=c1\ccc2cccc3c2c1=NC1(CC2CCC1C2)N3. The van der Waals surface area contributed by atoms with Crippen molar-refractivity contribution < 1.29 is 9.90 Å². The Bertz CT molecular complexity index is 2200. The van der Waals surface area contributed by atoms with E-state index in [1.54, 1.807) is 0 Å². The molecular formula is C38H34N4O2. The van der Waals surface area contributed by atoms with Crippen molar-refractivity contribution >= 4 is 55.5 Å². The van der Waals surface area contributed by atoms with Gasteiger partial charge in [0.05, 0.1) is 22.2 Å². The second-order valence-corrected chi connectivity index (χ2v) is 14.7. The number of hydrogen-bond acceptors (Lipinski definition) is 6. The van der Waals surface area contributed by atoms with Crippen molar-refractivity contribution in [1.82, 2.24) is 0 Å². The maximum Gasteiger partial charge on any atom is 0.201 e. The zero-order valence-electron chi connectivity index (χ0n) is 24.5. The van der Waals surface area contributed by atoms with E-state index >= 15 is 0 Å². The summed E-state index contributed by atoms with van der Waals surface area (Å²) < 4.78 is 0. The van der Waals surface area contributed by atoms with Gasteiger partial charge in [-0.05, 0) is 86.1 Å². The third-order valence-electron chi connectivity index (χ3n) is 12.6. The fourth-order valence-electron chi connectivity index (χ4n) is 10.7. The van der Waals surface area contributed by atoms with Crippen molar-refractivity contribution in [3.63, 3.8) is 0 Å². The summed E-state index contributed by atoms with van der Waals surface area (Å²) in [4.78, 5) is 19.8. The fourth-order valence-corrected chi connectivity index (χ4v) is 10.7. The molecule has 6 heteroatoms. The van der Waals surface area contributed by atoms with Gasteiger partial charge in [0.25, 0.3) is 0 Å². The molecule has 0 saturated heterocycles. The maximum atomic E-state index is 14.3. The van der Waals surface area contributed by atoms with Crippen molar-refractivity contribution in [3.8, 4) is 0 Å². The minimum atomic E-state index is -0.319. The standard InChI is InChI=1S/C38H34N4O2/c43-35-31(25-13-9-21-3-1-5-27-29(21)33(25)41-37(39-27)17-19-7-11-23(37)15-19)36(44)32(35)26-14-10-22-4-2-6-28-30(22)34(26)42-38(40-28)18-20-8-12-24(38)16-20/h1-6,9-10,13-14,19-20,23-24,39-41,43H,7-8,11-12,15-18H2/b32-26-. The number of carbonyl (C=O) groups is 1. The minimum Gasteiger partial charge on any atom is -0.506 e. The molecule has 2 aliphatic heterocycles. The molecule has 11 rings (SSSR count). The molecule has 7 aliphatic rings. The van der Waals surface area contributed by atoms with Crippen LogP contribution in [0.5, 0.6) is 0 Å².